The van der Waals surface area contributed by atoms with Crippen LogP contribution in [0, 0.1) is 11.8 Å². The SMILES string of the molecule is CCCCCCCCCCCC(=O)OC[C@@H](COC(=O)CCCCCCCCCC(C)C)OC(=O)CCCCCCCCCCCCCCCC(C)C. The summed E-state index contributed by atoms with van der Waals surface area (Å²) in [5.41, 5.74) is 0. The maximum Gasteiger partial charge on any atom is 0.306 e. The minimum atomic E-state index is -0.760. The lowest BCUT2D eigenvalue weighted by atomic mass is 10.0. The van der Waals surface area contributed by atoms with Crippen molar-refractivity contribution in [3.63, 3.8) is 0 Å². The first kappa shape index (κ1) is 51.4. The molecule has 0 fully saturated rings. The Balaban J connectivity index is 4.29. The number of hydrogen-bond donors (Lipinski definition) is 0. The normalized spacial score (nSPS) is 12.1. The Morgan fingerprint density at radius 3 is 0.925 bits per heavy atom. The summed E-state index contributed by atoms with van der Waals surface area (Å²) in [7, 11) is 0. The van der Waals surface area contributed by atoms with Gasteiger partial charge in [-0.05, 0) is 31.1 Å². The summed E-state index contributed by atoms with van der Waals surface area (Å²) in [5.74, 6) is 0.759. The number of rotatable bonds is 41. The van der Waals surface area contributed by atoms with Gasteiger partial charge in [-0.3, -0.25) is 14.4 Å². The lowest BCUT2D eigenvalue weighted by Crippen LogP contribution is -2.30. The zero-order valence-corrected chi connectivity index (χ0v) is 36.1. The summed E-state index contributed by atoms with van der Waals surface area (Å²) < 4.78 is 16.7. The number of carbonyl (C=O) groups is 3. The zero-order valence-electron chi connectivity index (χ0n) is 36.1. The lowest BCUT2D eigenvalue weighted by molar-refractivity contribution is -0.167. The van der Waals surface area contributed by atoms with Gasteiger partial charge in [0.25, 0.3) is 0 Å². The molecule has 0 saturated heterocycles. The highest BCUT2D eigenvalue weighted by molar-refractivity contribution is 5.71. The minimum absolute atomic E-state index is 0.0653. The maximum atomic E-state index is 12.7. The van der Waals surface area contributed by atoms with E-state index >= 15 is 0 Å². The molecule has 0 rings (SSSR count). The maximum absolute atomic E-state index is 12.7. The average Bonchev–Trinajstić information content (AvgIpc) is 3.12. The fourth-order valence-corrected chi connectivity index (χ4v) is 6.93. The van der Waals surface area contributed by atoms with Gasteiger partial charge in [0.15, 0.2) is 6.10 Å². The molecular weight excluding hydrogens is 661 g/mol. The summed E-state index contributed by atoms with van der Waals surface area (Å²) in [6, 6.07) is 0. The molecule has 0 bridgehead atoms. The second kappa shape index (κ2) is 40.1. The van der Waals surface area contributed by atoms with Crippen LogP contribution in [-0.2, 0) is 28.6 Å². The molecule has 0 aliphatic carbocycles. The van der Waals surface area contributed by atoms with Crippen LogP contribution in [0.3, 0.4) is 0 Å². The highest BCUT2D eigenvalue weighted by Gasteiger charge is 2.19. The summed E-state index contributed by atoms with van der Waals surface area (Å²) in [5, 5.41) is 0. The largest absolute Gasteiger partial charge is 0.462 e. The molecule has 53 heavy (non-hydrogen) atoms. The Morgan fingerprint density at radius 2 is 0.623 bits per heavy atom. The van der Waals surface area contributed by atoms with Crippen LogP contribution in [0.15, 0.2) is 0 Å². The van der Waals surface area contributed by atoms with E-state index < -0.39 is 6.10 Å². The molecule has 1 atom stereocenters. The molecule has 0 heterocycles. The van der Waals surface area contributed by atoms with Crippen molar-refractivity contribution >= 4 is 17.9 Å². The molecule has 0 N–H and O–H groups in total. The predicted molar refractivity (Wildman–Crippen MR) is 224 cm³/mol. The first-order chi connectivity index (χ1) is 25.7. The van der Waals surface area contributed by atoms with E-state index in [1.807, 2.05) is 0 Å². The molecule has 0 saturated carbocycles. The molecule has 6 nitrogen and oxygen atoms in total. The van der Waals surface area contributed by atoms with E-state index in [4.69, 9.17) is 14.2 Å². The van der Waals surface area contributed by atoms with Gasteiger partial charge in [-0.15, -0.1) is 0 Å². The summed E-state index contributed by atoms with van der Waals surface area (Å²) in [6.45, 7) is 11.3. The Labute approximate surface area is 329 Å². The lowest BCUT2D eigenvalue weighted by Gasteiger charge is -2.18. The van der Waals surface area contributed by atoms with Crippen molar-refractivity contribution in [3.05, 3.63) is 0 Å². The van der Waals surface area contributed by atoms with E-state index in [9.17, 15) is 14.4 Å². The first-order valence-electron chi connectivity index (χ1n) is 23.2. The molecule has 0 aromatic rings. The van der Waals surface area contributed by atoms with Gasteiger partial charge in [0.1, 0.15) is 13.2 Å². The van der Waals surface area contributed by atoms with Crippen molar-refractivity contribution < 1.29 is 28.6 Å². The van der Waals surface area contributed by atoms with Crippen molar-refractivity contribution in [3.8, 4) is 0 Å². The first-order valence-corrected chi connectivity index (χ1v) is 23.2. The summed E-state index contributed by atoms with van der Waals surface area (Å²) >= 11 is 0. The highest BCUT2D eigenvalue weighted by Crippen LogP contribution is 2.16. The van der Waals surface area contributed by atoms with Crippen molar-refractivity contribution in [2.45, 2.75) is 259 Å². The standard InChI is InChI=1S/C47H90O6/c1-6-7-8-9-10-16-22-27-32-37-45(48)51-40-44(41-52-46(49)38-33-28-24-19-21-26-31-36-43(4)5)53-47(50)39-34-29-23-18-15-13-11-12-14-17-20-25-30-35-42(2)3/h42-44H,6-41H2,1-5H3/t44-/m0/s1. The summed E-state index contributed by atoms with van der Waals surface area (Å²) in [6.07, 6.45) is 38.1. The molecule has 314 valence electrons. The Bertz CT molecular complexity index is 809. The van der Waals surface area contributed by atoms with Crippen LogP contribution in [0.25, 0.3) is 0 Å². The topological polar surface area (TPSA) is 78.9 Å². The van der Waals surface area contributed by atoms with Gasteiger partial charge >= 0.3 is 17.9 Å². The molecule has 0 aromatic heterocycles. The fourth-order valence-electron chi connectivity index (χ4n) is 6.93. The monoisotopic (exact) mass is 751 g/mol. The van der Waals surface area contributed by atoms with E-state index in [0.29, 0.717) is 19.3 Å². The minimum Gasteiger partial charge on any atom is -0.462 e. The highest BCUT2D eigenvalue weighted by atomic mass is 16.6. The van der Waals surface area contributed by atoms with E-state index in [1.165, 1.54) is 141 Å². The quantitative estimate of drug-likeness (QED) is 0.0352. The predicted octanol–water partition coefficient (Wildman–Crippen LogP) is 14.6. The number of carbonyl (C=O) groups excluding carboxylic acids is 3. The molecule has 0 aliphatic rings. The number of hydrogen-bond acceptors (Lipinski definition) is 6. The Kier molecular flexibility index (Phi) is 38.9. The molecule has 0 radical (unpaired) electrons. The number of esters is 3. The van der Waals surface area contributed by atoms with Crippen molar-refractivity contribution in [2.75, 3.05) is 13.2 Å². The van der Waals surface area contributed by atoms with Gasteiger partial charge in [-0.2, -0.15) is 0 Å². The van der Waals surface area contributed by atoms with Crippen molar-refractivity contribution in [1.82, 2.24) is 0 Å². The van der Waals surface area contributed by atoms with Crippen LogP contribution in [0.5, 0.6) is 0 Å². The van der Waals surface area contributed by atoms with Crippen LogP contribution < -0.4 is 0 Å². The van der Waals surface area contributed by atoms with Crippen LogP contribution >= 0.6 is 0 Å². The second-order valence-electron chi connectivity index (χ2n) is 17.0. The molecule has 0 spiro atoms. The van der Waals surface area contributed by atoms with Gasteiger partial charge in [-0.25, -0.2) is 0 Å². The van der Waals surface area contributed by atoms with Gasteiger partial charge in [0, 0.05) is 19.3 Å². The second-order valence-corrected chi connectivity index (χ2v) is 17.0. The van der Waals surface area contributed by atoms with E-state index in [-0.39, 0.29) is 31.1 Å². The van der Waals surface area contributed by atoms with Crippen LogP contribution in [0.4, 0.5) is 0 Å². The molecule has 0 unspecified atom stereocenters. The molecule has 0 aliphatic heterocycles. The third-order valence-electron chi connectivity index (χ3n) is 10.5. The summed E-state index contributed by atoms with van der Waals surface area (Å²) in [4.78, 5) is 37.7. The van der Waals surface area contributed by atoms with Gasteiger partial charge in [-0.1, -0.05) is 214 Å². The van der Waals surface area contributed by atoms with Crippen LogP contribution in [-0.4, -0.2) is 37.2 Å². The van der Waals surface area contributed by atoms with Crippen LogP contribution in [0.1, 0.15) is 253 Å². The smallest absolute Gasteiger partial charge is 0.306 e. The Hall–Kier alpha value is -1.59. The fraction of sp³-hybridized carbons (Fsp3) is 0.936. The average molecular weight is 751 g/mol. The zero-order chi connectivity index (χ0) is 39.0. The molecule has 0 amide bonds. The van der Waals surface area contributed by atoms with E-state index in [2.05, 4.69) is 34.6 Å². The number of ether oxygens (including phenoxy) is 3. The van der Waals surface area contributed by atoms with Gasteiger partial charge in [0.2, 0.25) is 0 Å². The molecule has 0 aromatic carbocycles. The van der Waals surface area contributed by atoms with Gasteiger partial charge in [0.05, 0.1) is 0 Å². The number of unbranched alkanes of at least 4 members (excludes halogenated alkanes) is 26. The van der Waals surface area contributed by atoms with E-state index in [0.717, 1.165) is 69.6 Å². The van der Waals surface area contributed by atoms with Crippen LogP contribution in [0.2, 0.25) is 0 Å². The molecular formula is C47H90O6. The van der Waals surface area contributed by atoms with E-state index in [1.54, 1.807) is 0 Å². The third-order valence-corrected chi connectivity index (χ3v) is 10.5. The van der Waals surface area contributed by atoms with Crippen molar-refractivity contribution in [1.29, 1.82) is 0 Å². The third kappa shape index (κ3) is 41.4. The Morgan fingerprint density at radius 1 is 0.358 bits per heavy atom. The van der Waals surface area contributed by atoms with Gasteiger partial charge < -0.3 is 14.2 Å². The molecule has 6 heteroatoms. The van der Waals surface area contributed by atoms with Crippen molar-refractivity contribution in [2.24, 2.45) is 11.8 Å².